The van der Waals surface area contributed by atoms with E-state index in [2.05, 4.69) is 17.2 Å². The number of hydrogen-bond donors (Lipinski definition) is 2. The Labute approximate surface area is 90.3 Å². The third kappa shape index (κ3) is 3.40. The molecule has 0 atom stereocenters. The molecule has 15 heavy (non-hydrogen) atoms. The van der Waals surface area contributed by atoms with Gasteiger partial charge in [-0.05, 0) is 18.6 Å². The summed E-state index contributed by atoms with van der Waals surface area (Å²) in [5.41, 5.74) is 0.707. The molecule has 0 aliphatic rings. The van der Waals surface area contributed by atoms with Gasteiger partial charge < -0.3 is 15.2 Å². The fourth-order valence-electron chi connectivity index (χ4n) is 1.26. The summed E-state index contributed by atoms with van der Waals surface area (Å²) < 4.78 is 5.07. The summed E-state index contributed by atoms with van der Waals surface area (Å²) in [4.78, 5) is 4.24. The molecule has 0 unspecified atom stereocenters. The van der Waals surface area contributed by atoms with Crippen LogP contribution in [0.5, 0.6) is 5.88 Å². The van der Waals surface area contributed by atoms with Crippen LogP contribution in [0.25, 0.3) is 0 Å². The Morgan fingerprint density at radius 3 is 2.87 bits per heavy atom. The van der Waals surface area contributed by atoms with Gasteiger partial charge in [0.1, 0.15) is 5.82 Å². The summed E-state index contributed by atoms with van der Waals surface area (Å²) in [6.45, 7) is 3.00. The number of pyridine rings is 1. The summed E-state index contributed by atoms with van der Waals surface area (Å²) in [6, 6.07) is 3.67. The summed E-state index contributed by atoms with van der Waals surface area (Å²) in [7, 11) is 1.55. The SMILES string of the molecule is CCCCNc1ccc(CO)c(OC)n1. The van der Waals surface area contributed by atoms with Gasteiger partial charge in [-0.3, -0.25) is 0 Å². The van der Waals surface area contributed by atoms with Crippen molar-refractivity contribution < 1.29 is 9.84 Å². The first kappa shape index (κ1) is 11.8. The second-order valence-electron chi connectivity index (χ2n) is 3.30. The lowest BCUT2D eigenvalue weighted by Crippen LogP contribution is -2.04. The lowest BCUT2D eigenvalue weighted by molar-refractivity contribution is 0.271. The number of methoxy groups -OCH3 is 1. The van der Waals surface area contributed by atoms with Gasteiger partial charge in [0.2, 0.25) is 5.88 Å². The standard InChI is InChI=1S/C11H18N2O2/c1-3-4-7-12-10-6-5-9(8-14)11(13-10)15-2/h5-6,14H,3-4,7-8H2,1-2H3,(H,12,13). The molecule has 4 heteroatoms. The van der Waals surface area contributed by atoms with Crippen molar-refractivity contribution in [1.29, 1.82) is 0 Å². The summed E-state index contributed by atoms with van der Waals surface area (Å²) in [5.74, 6) is 1.27. The average molecular weight is 210 g/mol. The van der Waals surface area contributed by atoms with E-state index in [0.717, 1.165) is 25.2 Å². The lowest BCUT2D eigenvalue weighted by atomic mass is 10.3. The van der Waals surface area contributed by atoms with Crippen LogP contribution in [-0.2, 0) is 6.61 Å². The van der Waals surface area contributed by atoms with Crippen molar-refractivity contribution in [3.63, 3.8) is 0 Å². The molecule has 0 aromatic carbocycles. The molecule has 0 saturated heterocycles. The molecule has 0 bridgehead atoms. The zero-order valence-electron chi connectivity index (χ0n) is 9.29. The summed E-state index contributed by atoms with van der Waals surface area (Å²) in [6.07, 6.45) is 2.27. The number of hydrogen-bond acceptors (Lipinski definition) is 4. The van der Waals surface area contributed by atoms with Gasteiger partial charge in [-0.25, -0.2) is 0 Å². The number of ether oxygens (including phenoxy) is 1. The summed E-state index contributed by atoms with van der Waals surface area (Å²) >= 11 is 0. The van der Waals surface area contributed by atoms with E-state index in [1.807, 2.05) is 12.1 Å². The van der Waals surface area contributed by atoms with E-state index in [0.29, 0.717) is 11.4 Å². The van der Waals surface area contributed by atoms with Crippen LogP contribution in [0.4, 0.5) is 5.82 Å². The number of aliphatic hydroxyl groups excluding tert-OH is 1. The quantitative estimate of drug-likeness (QED) is 0.703. The third-order valence-corrected chi connectivity index (χ3v) is 2.14. The van der Waals surface area contributed by atoms with E-state index >= 15 is 0 Å². The smallest absolute Gasteiger partial charge is 0.220 e. The maximum atomic E-state index is 9.01. The topological polar surface area (TPSA) is 54.4 Å². The third-order valence-electron chi connectivity index (χ3n) is 2.14. The van der Waals surface area contributed by atoms with Gasteiger partial charge in [-0.2, -0.15) is 4.98 Å². The predicted molar refractivity (Wildman–Crippen MR) is 60.1 cm³/mol. The maximum Gasteiger partial charge on any atom is 0.220 e. The number of rotatable bonds is 6. The van der Waals surface area contributed by atoms with Gasteiger partial charge in [0.25, 0.3) is 0 Å². The predicted octanol–water partition coefficient (Wildman–Crippen LogP) is 1.79. The van der Waals surface area contributed by atoms with Gasteiger partial charge in [0, 0.05) is 12.1 Å². The number of aromatic nitrogens is 1. The lowest BCUT2D eigenvalue weighted by Gasteiger charge is -2.09. The Hall–Kier alpha value is -1.29. The highest BCUT2D eigenvalue weighted by molar-refractivity contribution is 5.41. The molecular weight excluding hydrogens is 192 g/mol. The van der Waals surface area contributed by atoms with Crippen molar-refractivity contribution in [2.45, 2.75) is 26.4 Å². The van der Waals surface area contributed by atoms with Crippen LogP contribution >= 0.6 is 0 Å². The van der Waals surface area contributed by atoms with Crippen LogP contribution in [0.3, 0.4) is 0 Å². The van der Waals surface area contributed by atoms with Crippen molar-refractivity contribution in [2.75, 3.05) is 19.0 Å². The Morgan fingerprint density at radius 1 is 1.47 bits per heavy atom. The molecular formula is C11H18N2O2. The van der Waals surface area contributed by atoms with Crippen LogP contribution < -0.4 is 10.1 Å². The second-order valence-corrected chi connectivity index (χ2v) is 3.30. The molecule has 0 radical (unpaired) electrons. The number of anilines is 1. The average Bonchev–Trinajstić information content (AvgIpc) is 2.29. The van der Waals surface area contributed by atoms with Crippen molar-refractivity contribution in [1.82, 2.24) is 4.98 Å². The number of aliphatic hydroxyl groups is 1. The molecule has 0 saturated carbocycles. The zero-order valence-corrected chi connectivity index (χ0v) is 9.29. The largest absolute Gasteiger partial charge is 0.481 e. The minimum absolute atomic E-state index is 0.0502. The first-order valence-corrected chi connectivity index (χ1v) is 5.20. The van der Waals surface area contributed by atoms with E-state index in [1.54, 1.807) is 7.11 Å². The molecule has 1 heterocycles. The van der Waals surface area contributed by atoms with Crippen molar-refractivity contribution in [2.24, 2.45) is 0 Å². The van der Waals surface area contributed by atoms with E-state index in [1.165, 1.54) is 0 Å². The number of unbranched alkanes of at least 4 members (excludes halogenated alkanes) is 1. The van der Waals surface area contributed by atoms with Crippen LogP contribution in [0.15, 0.2) is 12.1 Å². The Morgan fingerprint density at radius 2 is 2.27 bits per heavy atom. The van der Waals surface area contributed by atoms with Gasteiger partial charge in [-0.15, -0.1) is 0 Å². The molecule has 0 amide bonds. The molecule has 2 N–H and O–H groups in total. The molecule has 0 aliphatic carbocycles. The fraction of sp³-hybridized carbons (Fsp3) is 0.545. The van der Waals surface area contributed by atoms with Crippen LogP contribution in [0.1, 0.15) is 25.3 Å². The molecule has 0 aliphatic heterocycles. The highest BCUT2D eigenvalue weighted by atomic mass is 16.5. The van der Waals surface area contributed by atoms with E-state index in [4.69, 9.17) is 9.84 Å². The van der Waals surface area contributed by atoms with Crippen LogP contribution in [0, 0.1) is 0 Å². The second kappa shape index (κ2) is 6.24. The molecule has 1 aromatic rings. The molecule has 0 spiro atoms. The van der Waals surface area contributed by atoms with Gasteiger partial charge in [0.05, 0.1) is 13.7 Å². The van der Waals surface area contributed by atoms with E-state index < -0.39 is 0 Å². The van der Waals surface area contributed by atoms with Crippen LogP contribution in [0.2, 0.25) is 0 Å². The van der Waals surface area contributed by atoms with Crippen molar-refractivity contribution in [3.8, 4) is 5.88 Å². The Balaban J connectivity index is 2.66. The Bertz CT molecular complexity index is 303. The molecule has 1 aromatic heterocycles. The minimum atomic E-state index is -0.0502. The van der Waals surface area contributed by atoms with Crippen LogP contribution in [-0.4, -0.2) is 23.7 Å². The van der Waals surface area contributed by atoms with Crippen molar-refractivity contribution >= 4 is 5.82 Å². The number of nitrogens with zero attached hydrogens (tertiary/aromatic N) is 1. The first-order chi connectivity index (χ1) is 7.31. The minimum Gasteiger partial charge on any atom is -0.481 e. The maximum absolute atomic E-state index is 9.01. The highest BCUT2D eigenvalue weighted by Gasteiger charge is 2.04. The molecule has 1 rings (SSSR count). The fourth-order valence-corrected chi connectivity index (χ4v) is 1.26. The first-order valence-electron chi connectivity index (χ1n) is 5.20. The Kier molecular flexibility index (Phi) is 4.90. The van der Waals surface area contributed by atoms with Crippen molar-refractivity contribution in [3.05, 3.63) is 17.7 Å². The normalized spacial score (nSPS) is 10.1. The monoisotopic (exact) mass is 210 g/mol. The molecule has 84 valence electrons. The van der Waals surface area contributed by atoms with E-state index in [9.17, 15) is 0 Å². The van der Waals surface area contributed by atoms with Gasteiger partial charge in [0.15, 0.2) is 0 Å². The highest BCUT2D eigenvalue weighted by Crippen LogP contribution is 2.18. The number of nitrogens with one attached hydrogen (secondary N) is 1. The summed E-state index contributed by atoms with van der Waals surface area (Å²) in [5, 5.41) is 12.2. The van der Waals surface area contributed by atoms with Gasteiger partial charge >= 0.3 is 0 Å². The zero-order chi connectivity index (χ0) is 11.1. The molecule has 0 fully saturated rings. The van der Waals surface area contributed by atoms with Gasteiger partial charge in [-0.1, -0.05) is 13.3 Å². The molecule has 4 nitrogen and oxygen atoms in total. The van der Waals surface area contributed by atoms with E-state index in [-0.39, 0.29) is 6.61 Å².